The number of hydrogen-bond donors (Lipinski definition) is 2. The molecule has 0 atom stereocenters. The van der Waals surface area contributed by atoms with Crippen molar-refractivity contribution in [3.05, 3.63) is 71.7 Å². The average molecular weight is 390 g/mol. The van der Waals surface area contributed by atoms with Gasteiger partial charge < -0.3 is 24.6 Å². The van der Waals surface area contributed by atoms with E-state index in [2.05, 4.69) is 5.32 Å². The van der Waals surface area contributed by atoms with Crippen LogP contribution in [0.25, 0.3) is 22.3 Å². The van der Waals surface area contributed by atoms with E-state index in [1.807, 2.05) is 37.3 Å². The molecule has 7 nitrogen and oxygen atoms in total. The van der Waals surface area contributed by atoms with E-state index in [4.69, 9.17) is 19.3 Å². The van der Waals surface area contributed by atoms with Crippen LogP contribution in [0.4, 0.5) is 5.69 Å². The van der Waals surface area contributed by atoms with Crippen molar-refractivity contribution in [2.75, 3.05) is 12.4 Å². The molecule has 2 aromatic heterocycles. The number of ether oxygens (including phenoxy) is 1. The fourth-order valence-corrected chi connectivity index (χ4v) is 3.09. The Balaban J connectivity index is 1.67. The summed E-state index contributed by atoms with van der Waals surface area (Å²) in [5.41, 5.74) is 7.91. The maximum Gasteiger partial charge on any atom is 0.295 e. The zero-order chi connectivity index (χ0) is 20.5. The molecule has 0 radical (unpaired) electrons. The van der Waals surface area contributed by atoms with Crippen LogP contribution < -0.4 is 15.8 Å². The minimum Gasteiger partial charge on any atom is -0.492 e. The number of nitrogens with one attached hydrogen (secondary N) is 1. The molecule has 2 amide bonds. The molecule has 0 saturated carbocycles. The third-order valence-corrected chi connectivity index (χ3v) is 4.58. The number of nitrogens with two attached hydrogens (primary N) is 1. The molecule has 2 aromatic carbocycles. The van der Waals surface area contributed by atoms with Crippen molar-refractivity contribution >= 4 is 28.5 Å². The number of rotatable bonds is 5. The summed E-state index contributed by atoms with van der Waals surface area (Å²) in [6.07, 6.45) is 0. The number of hydrogen-bond acceptors (Lipinski definition) is 5. The fraction of sp³-hybridized carbons (Fsp3) is 0.0909. The number of furan rings is 2. The maximum atomic E-state index is 12.9. The first-order chi connectivity index (χ1) is 14.0. The van der Waals surface area contributed by atoms with Gasteiger partial charge in [-0.1, -0.05) is 24.3 Å². The molecular weight excluding hydrogens is 372 g/mol. The van der Waals surface area contributed by atoms with Crippen molar-refractivity contribution in [2.24, 2.45) is 5.73 Å². The Morgan fingerprint density at radius 3 is 2.55 bits per heavy atom. The van der Waals surface area contributed by atoms with Crippen LogP contribution in [0, 0.1) is 6.92 Å². The first-order valence-electron chi connectivity index (χ1n) is 8.85. The SMILES string of the molecule is COc1c(C(=O)Nc2cc(-c3ccc(C(N)=O)o3)ccc2C)oc2ccccc12. The zero-order valence-electron chi connectivity index (χ0n) is 15.8. The van der Waals surface area contributed by atoms with E-state index < -0.39 is 11.8 Å². The Labute approximate surface area is 166 Å². The number of carbonyl (C=O) groups excluding carboxylic acids is 2. The van der Waals surface area contributed by atoms with E-state index in [0.717, 1.165) is 10.9 Å². The molecule has 4 rings (SSSR count). The molecule has 0 saturated heterocycles. The number of carbonyl (C=O) groups is 2. The third kappa shape index (κ3) is 3.34. The summed E-state index contributed by atoms with van der Waals surface area (Å²) < 4.78 is 16.6. The maximum absolute atomic E-state index is 12.9. The number of amides is 2. The van der Waals surface area contributed by atoms with Gasteiger partial charge in [0.1, 0.15) is 11.3 Å². The number of fused-ring (bicyclic) bond motifs is 1. The van der Waals surface area contributed by atoms with Crippen molar-refractivity contribution < 1.29 is 23.2 Å². The van der Waals surface area contributed by atoms with Crippen LogP contribution in [0.1, 0.15) is 26.7 Å². The molecule has 0 aliphatic heterocycles. The van der Waals surface area contributed by atoms with Gasteiger partial charge in [0.25, 0.3) is 11.8 Å². The quantitative estimate of drug-likeness (QED) is 0.526. The van der Waals surface area contributed by atoms with Crippen LogP contribution in [0.5, 0.6) is 5.75 Å². The van der Waals surface area contributed by atoms with Crippen molar-refractivity contribution in [1.82, 2.24) is 0 Å². The van der Waals surface area contributed by atoms with E-state index in [1.54, 1.807) is 18.2 Å². The topological polar surface area (TPSA) is 108 Å². The summed E-state index contributed by atoms with van der Waals surface area (Å²) in [6, 6.07) is 15.9. The van der Waals surface area contributed by atoms with Crippen molar-refractivity contribution in [2.45, 2.75) is 6.92 Å². The highest BCUT2D eigenvalue weighted by molar-refractivity contribution is 6.08. The third-order valence-electron chi connectivity index (χ3n) is 4.58. The highest BCUT2D eigenvalue weighted by atomic mass is 16.5. The molecule has 3 N–H and O–H groups in total. The zero-order valence-corrected chi connectivity index (χ0v) is 15.8. The minimum atomic E-state index is -0.645. The summed E-state index contributed by atoms with van der Waals surface area (Å²) in [7, 11) is 1.49. The molecule has 0 aliphatic carbocycles. The average Bonchev–Trinajstić information content (AvgIpc) is 3.34. The van der Waals surface area contributed by atoms with Crippen LogP contribution in [0.2, 0.25) is 0 Å². The Kier molecular flexibility index (Phi) is 4.56. The molecule has 0 aliphatic rings. The summed E-state index contributed by atoms with van der Waals surface area (Å²) in [4.78, 5) is 24.1. The molecule has 0 unspecified atom stereocenters. The normalized spacial score (nSPS) is 10.8. The van der Waals surface area contributed by atoms with Gasteiger partial charge in [0.05, 0.1) is 12.5 Å². The lowest BCUT2D eigenvalue weighted by atomic mass is 10.1. The van der Waals surface area contributed by atoms with E-state index >= 15 is 0 Å². The molecule has 4 aromatic rings. The summed E-state index contributed by atoms with van der Waals surface area (Å²) in [5, 5.41) is 3.58. The van der Waals surface area contributed by atoms with Gasteiger partial charge in [0.2, 0.25) is 5.76 Å². The number of aryl methyl sites for hydroxylation is 1. The van der Waals surface area contributed by atoms with Gasteiger partial charge in [-0.15, -0.1) is 0 Å². The second kappa shape index (κ2) is 7.20. The van der Waals surface area contributed by atoms with Gasteiger partial charge in [-0.05, 0) is 42.8 Å². The van der Waals surface area contributed by atoms with Crippen molar-refractivity contribution in [3.8, 4) is 17.1 Å². The molecular formula is C22H18N2O5. The van der Waals surface area contributed by atoms with E-state index in [1.165, 1.54) is 13.2 Å². The predicted molar refractivity (Wildman–Crippen MR) is 108 cm³/mol. The van der Waals surface area contributed by atoms with Gasteiger partial charge in [0, 0.05) is 11.3 Å². The monoisotopic (exact) mass is 390 g/mol. The van der Waals surface area contributed by atoms with Gasteiger partial charge >= 0.3 is 0 Å². The Morgan fingerprint density at radius 1 is 1.03 bits per heavy atom. The van der Waals surface area contributed by atoms with Crippen molar-refractivity contribution in [1.29, 1.82) is 0 Å². The number of benzene rings is 2. The van der Waals surface area contributed by atoms with E-state index in [0.29, 0.717) is 28.3 Å². The lowest BCUT2D eigenvalue weighted by Gasteiger charge is -2.09. The first kappa shape index (κ1) is 18.4. The Morgan fingerprint density at radius 2 is 1.83 bits per heavy atom. The second-order valence-corrected chi connectivity index (χ2v) is 6.47. The number of methoxy groups -OCH3 is 1. The summed E-state index contributed by atoms with van der Waals surface area (Å²) >= 11 is 0. The van der Waals surface area contributed by atoms with Crippen LogP contribution in [-0.4, -0.2) is 18.9 Å². The second-order valence-electron chi connectivity index (χ2n) is 6.47. The Hall–Kier alpha value is -4.00. The lowest BCUT2D eigenvalue weighted by Crippen LogP contribution is -2.13. The lowest BCUT2D eigenvalue weighted by molar-refractivity contribution is 0.0972. The molecule has 146 valence electrons. The summed E-state index contributed by atoms with van der Waals surface area (Å²) in [6.45, 7) is 1.87. The summed E-state index contributed by atoms with van der Waals surface area (Å²) in [5.74, 6) is -0.0743. The molecule has 0 spiro atoms. The number of para-hydroxylation sites is 1. The molecule has 29 heavy (non-hydrogen) atoms. The first-order valence-corrected chi connectivity index (χ1v) is 8.85. The number of primary amides is 1. The van der Waals surface area contributed by atoms with Gasteiger partial charge in [-0.2, -0.15) is 0 Å². The van der Waals surface area contributed by atoms with E-state index in [9.17, 15) is 9.59 Å². The predicted octanol–water partition coefficient (Wildman–Crippen LogP) is 4.36. The number of anilines is 1. The van der Waals surface area contributed by atoms with Crippen LogP contribution in [0.15, 0.2) is 63.4 Å². The van der Waals surface area contributed by atoms with Crippen LogP contribution in [-0.2, 0) is 0 Å². The Bertz CT molecular complexity index is 1240. The fourth-order valence-electron chi connectivity index (χ4n) is 3.09. The van der Waals surface area contributed by atoms with E-state index in [-0.39, 0.29) is 11.5 Å². The van der Waals surface area contributed by atoms with Gasteiger partial charge in [-0.25, -0.2) is 0 Å². The molecule has 0 fully saturated rings. The van der Waals surface area contributed by atoms with Gasteiger partial charge in [0.15, 0.2) is 11.5 Å². The van der Waals surface area contributed by atoms with Gasteiger partial charge in [-0.3, -0.25) is 9.59 Å². The smallest absolute Gasteiger partial charge is 0.295 e. The minimum absolute atomic E-state index is 0.0678. The largest absolute Gasteiger partial charge is 0.492 e. The van der Waals surface area contributed by atoms with Crippen LogP contribution in [0.3, 0.4) is 0 Å². The molecule has 0 bridgehead atoms. The highest BCUT2D eigenvalue weighted by Gasteiger charge is 2.22. The van der Waals surface area contributed by atoms with Crippen LogP contribution >= 0.6 is 0 Å². The van der Waals surface area contributed by atoms with Crippen molar-refractivity contribution in [3.63, 3.8) is 0 Å². The highest BCUT2D eigenvalue weighted by Crippen LogP contribution is 2.34. The standard InChI is InChI=1S/C22H18N2O5/c1-12-7-8-13(16-9-10-18(28-16)21(23)25)11-15(12)24-22(26)20-19(27-2)14-5-3-4-6-17(14)29-20/h3-11H,1-2H3,(H2,23,25)(H,24,26). The molecule has 7 heteroatoms. The molecule has 2 heterocycles.